The summed E-state index contributed by atoms with van der Waals surface area (Å²) in [6, 6.07) is 12.8. The first-order valence-electron chi connectivity index (χ1n) is 8.99. The Morgan fingerprint density at radius 2 is 1.00 bits per heavy atom. The van der Waals surface area contributed by atoms with Crippen LogP contribution >= 0.6 is 0 Å². The summed E-state index contributed by atoms with van der Waals surface area (Å²) in [5.41, 5.74) is 1.41. The van der Waals surface area contributed by atoms with Crippen LogP contribution in [0.5, 0.6) is 11.5 Å². The molecule has 28 heavy (non-hydrogen) atoms. The third-order valence-electron chi connectivity index (χ3n) is 4.86. The minimum absolute atomic E-state index is 0.110. The summed E-state index contributed by atoms with van der Waals surface area (Å²) in [6.45, 7) is 0.220. The van der Waals surface area contributed by atoms with Crippen LogP contribution in [0, 0.1) is 0 Å². The highest BCUT2D eigenvalue weighted by molar-refractivity contribution is 5.27. The van der Waals surface area contributed by atoms with Crippen LogP contribution < -0.4 is 0 Å². The van der Waals surface area contributed by atoms with E-state index in [0.29, 0.717) is 11.1 Å². The molecular weight excluding hydrogens is 368 g/mol. The van der Waals surface area contributed by atoms with E-state index < -0.39 is 37.0 Å². The van der Waals surface area contributed by atoms with E-state index in [9.17, 15) is 20.4 Å². The number of ether oxygens (including phenoxy) is 4. The smallest absolute Gasteiger partial charge is 0.184 e. The van der Waals surface area contributed by atoms with Crippen molar-refractivity contribution in [3.8, 4) is 11.5 Å². The number of phenolic OH excluding ortho intramolecular Hbond substituents is 2. The van der Waals surface area contributed by atoms with Gasteiger partial charge in [-0.2, -0.15) is 0 Å². The monoisotopic (exact) mass is 390 g/mol. The van der Waals surface area contributed by atoms with Crippen molar-refractivity contribution in [1.82, 2.24) is 0 Å². The lowest BCUT2D eigenvalue weighted by atomic mass is 10.0. The molecule has 8 heteroatoms. The van der Waals surface area contributed by atoms with Crippen LogP contribution in [-0.2, 0) is 18.9 Å². The van der Waals surface area contributed by atoms with Crippen LogP contribution in [0.2, 0.25) is 0 Å². The highest BCUT2D eigenvalue weighted by atomic mass is 16.7. The number of benzene rings is 2. The van der Waals surface area contributed by atoms with Crippen molar-refractivity contribution in [3.63, 3.8) is 0 Å². The van der Waals surface area contributed by atoms with Gasteiger partial charge in [-0.1, -0.05) is 24.3 Å². The maximum absolute atomic E-state index is 10.5. The molecular formula is C20H22O8. The van der Waals surface area contributed by atoms with Gasteiger partial charge in [0.2, 0.25) is 0 Å². The summed E-state index contributed by atoms with van der Waals surface area (Å²) in [5, 5.41) is 39.7. The van der Waals surface area contributed by atoms with Crippen molar-refractivity contribution >= 4 is 0 Å². The molecule has 0 aromatic heterocycles. The maximum Gasteiger partial charge on any atom is 0.184 e. The van der Waals surface area contributed by atoms with Gasteiger partial charge >= 0.3 is 0 Å². The molecule has 0 saturated carbocycles. The summed E-state index contributed by atoms with van der Waals surface area (Å²) in [5.74, 6) is 0.269. The van der Waals surface area contributed by atoms with Crippen LogP contribution in [0.1, 0.15) is 23.7 Å². The number of hydrogen-bond acceptors (Lipinski definition) is 8. The highest BCUT2D eigenvalue weighted by Crippen LogP contribution is 2.33. The van der Waals surface area contributed by atoms with Crippen molar-refractivity contribution in [2.24, 2.45) is 0 Å². The largest absolute Gasteiger partial charge is 0.508 e. The van der Waals surface area contributed by atoms with Gasteiger partial charge in [-0.15, -0.1) is 0 Å². The molecule has 150 valence electrons. The molecule has 2 aromatic rings. The van der Waals surface area contributed by atoms with Crippen molar-refractivity contribution in [2.75, 3.05) is 13.2 Å². The zero-order valence-electron chi connectivity index (χ0n) is 14.9. The molecule has 2 saturated heterocycles. The Morgan fingerprint density at radius 1 is 0.643 bits per heavy atom. The van der Waals surface area contributed by atoms with Crippen molar-refractivity contribution in [2.45, 2.75) is 37.0 Å². The molecule has 0 bridgehead atoms. The first kappa shape index (κ1) is 19.1. The second-order valence-corrected chi connectivity index (χ2v) is 6.84. The van der Waals surface area contributed by atoms with E-state index in [1.54, 1.807) is 24.3 Å². The van der Waals surface area contributed by atoms with E-state index in [2.05, 4.69) is 0 Å². The number of rotatable bonds is 5. The van der Waals surface area contributed by atoms with Crippen molar-refractivity contribution in [3.05, 3.63) is 59.7 Å². The Hall–Kier alpha value is -2.20. The third-order valence-corrected chi connectivity index (χ3v) is 4.86. The Labute approximate surface area is 161 Å². The predicted octanol–water partition coefficient (Wildman–Crippen LogP) is 1.35. The van der Waals surface area contributed by atoms with E-state index in [-0.39, 0.29) is 24.7 Å². The molecule has 2 aliphatic rings. The van der Waals surface area contributed by atoms with Crippen LogP contribution in [0.15, 0.2) is 48.5 Å². The zero-order valence-corrected chi connectivity index (χ0v) is 14.9. The highest BCUT2D eigenvalue weighted by Gasteiger charge is 2.42. The fourth-order valence-electron chi connectivity index (χ4n) is 3.25. The molecule has 0 aliphatic carbocycles. The van der Waals surface area contributed by atoms with Gasteiger partial charge in [0.15, 0.2) is 12.6 Å². The number of phenols is 2. The fraction of sp³-hybridized carbons (Fsp3) is 0.400. The summed E-state index contributed by atoms with van der Waals surface area (Å²) < 4.78 is 22.5. The molecule has 2 unspecified atom stereocenters. The topological polar surface area (TPSA) is 118 Å². The van der Waals surface area contributed by atoms with E-state index in [4.69, 9.17) is 18.9 Å². The molecule has 0 spiro atoms. The second kappa shape index (κ2) is 8.04. The lowest BCUT2D eigenvalue weighted by Crippen LogP contribution is -2.46. The first-order chi connectivity index (χ1) is 13.5. The quantitative estimate of drug-likeness (QED) is 0.604. The number of hydrogen-bond donors (Lipinski definition) is 4. The lowest BCUT2D eigenvalue weighted by Gasteiger charge is -2.25. The molecule has 0 radical (unpaired) electrons. The Kier molecular flexibility index (Phi) is 5.49. The standard InChI is InChI=1S/C20H22O8/c21-13-5-1-11(2-6-13)19-25-9-15(27-19)17(23)18(24)16-10-26-20(28-16)12-3-7-14(22)8-4-12/h1-8,15-24H,9-10H2/t15-,16+,17-,18-,19?,20?/m1/s1. The molecule has 2 fully saturated rings. The average Bonchev–Trinajstić information content (AvgIpc) is 3.38. The molecule has 4 N–H and O–H groups in total. The van der Waals surface area contributed by atoms with Crippen LogP contribution in [-0.4, -0.2) is 58.1 Å². The van der Waals surface area contributed by atoms with Gasteiger partial charge in [0.1, 0.15) is 35.9 Å². The van der Waals surface area contributed by atoms with E-state index in [1.807, 2.05) is 0 Å². The minimum Gasteiger partial charge on any atom is -0.508 e. The minimum atomic E-state index is -1.23. The maximum atomic E-state index is 10.5. The molecule has 2 heterocycles. The number of aromatic hydroxyl groups is 2. The summed E-state index contributed by atoms with van der Waals surface area (Å²) in [7, 11) is 0. The fourth-order valence-corrected chi connectivity index (χ4v) is 3.25. The summed E-state index contributed by atoms with van der Waals surface area (Å²) in [6.07, 6.45) is -5.28. The van der Waals surface area contributed by atoms with Gasteiger partial charge in [0.25, 0.3) is 0 Å². The van der Waals surface area contributed by atoms with Gasteiger partial charge < -0.3 is 39.4 Å². The van der Waals surface area contributed by atoms with E-state index in [1.165, 1.54) is 24.3 Å². The van der Waals surface area contributed by atoms with E-state index in [0.717, 1.165) is 0 Å². The Morgan fingerprint density at radius 3 is 1.36 bits per heavy atom. The predicted molar refractivity (Wildman–Crippen MR) is 95.4 cm³/mol. The van der Waals surface area contributed by atoms with Crippen molar-refractivity contribution < 1.29 is 39.4 Å². The molecule has 8 nitrogen and oxygen atoms in total. The van der Waals surface area contributed by atoms with Gasteiger partial charge in [0.05, 0.1) is 13.2 Å². The second-order valence-electron chi connectivity index (χ2n) is 6.84. The molecule has 2 aromatic carbocycles. The zero-order chi connectivity index (χ0) is 19.7. The SMILES string of the molecule is Oc1ccc(C2OC[C@@H]([C@@H](O)[C@H](O)[C@H]3COC(c4ccc(O)cc4)O3)O2)cc1. The molecule has 4 rings (SSSR count). The van der Waals surface area contributed by atoms with Gasteiger partial charge in [-0.05, 0) is 24.3 Å². The van der Waals surface area contributed by atoms with Gasteiger partial charge in [-0.3, -0.25) is 0 Å². The average molecular weight is 390 g/mol. The number of aliphatic hydroxyl groups excluding tert-OH is 2. The Bertz CT molecular complexity index is 710. The first-order valence-corrected chi connectivity index (χ1v) is 8.99. The summed E-state index contributed by atoms with van der Waals surface area (Å²) in [4.78, 5) is 0. The van der Waals surface area contributed by atoms with Gasteiger partial charge in [0, 0.05) is 11.1 Å². The summed E-state index contributed by atoms with van der Waals surface area (Å²) >= 11 is 0. The van der Waals surface area contributed by atoms with Crippen LogP contribution in [0.3, 0.4) is 0 Å². The lowest BCUT2D eigenvalue weighted by molar-refractivity contribution is -0.141. The molecule has 6 atom stereocenters. The third kappa shape index (κ3) is 3.97. The van der Waals surface area contributed by atoms with E-state index >= 15 is 0 Å². The van der Waals surface area contributed by atoms with Gasteiger partial charge in [-0.25, -0.2) is 0 Å². The Balaban J connectivity index is 1.34. The molecule has 0 amide bonds. The van der Waals surface area contributed by atoms with Crippen LogP contribution in [0.25, 0.3) is 0 Å². The normalized spacial score (nSPS) is 29.6. The number of aliphatic hydroxyl groups is 2. The van der Waals surface area contributed by atoms with Crippen molar-refractivity contribution in [1.29, 1.82) is 0 Å². The van der Waals surface area contributed by atoms with Crippen LogP contribution in [0.4, 0.5) is 0 Å². The molecule has 2 aliphatic heterocycles.